The van der Waals surface area contributed by atoms with E-state index in [2.05, 4.69) is 98.6 Å². The molecule has 22 heavy (non-hydrogen) atoms. The fraction of sp³-hybridized carbons (Fsp3) is 0. The summed E-state index contributed by atoms with van der Waals surface area (Å²) in [5, 5.41) is 0. The Hall–Kier alpha value is -1.64. The summed E-state index contributed by atoms with van der Waals surface area (Å²) in [6.45, 7) is 0. The molecule has 0 aliphatic rings. The minimum Gasteiger partial charge on any atom is -0.0622 e. The summed E-state index contributed by atoms with van der Waals surface area (Å²) < 4.78 is 2.17. The van der Waals surface area contributed by atoms with Gasteiger partial charge in [-0.25, -0.2) is 0 Å². The maximum atomic E-state index is 3.82. The van der Waals surface area contributed by atoms with Crippen LogP contribution in [0.25, 0.3) is 10.1 Å². The number of benzene rings is 3. The Balaban J connectivity index is 2.27. The topological polar surface area (TPSA) is 0 Å². The molecule has 108 valence electrons. The van der Waals surface area contributed by atoms with Crippen molar-refractivity contribution in [3.63, 3.8) is 0 Å². The molecule has 0 saturated carbocycles. The third kappa shape index (κ3) is 3.23. The van der Waals surface area contributed by atoms with Gasteiger partial charge in [0.05, 0.1) is 0 Å². The van der Waals surface area contributed by atoms with Crippen LogP contribution in [0.4, 0.5) is 0 Å². The van der Waals surface area contributed by atoms with Crippen LogP contribution < -0.4 is 0 Å². The van der Waals surface area contributed by atoms with E-state index in [4.69, 9.17) is 0 Å². The lowest BCUT2D eigenvalue weighted by molar-refractivity contribution is 1.52. The second-order valence-corrected chi connectivity index (χ2v) is 6.55. The Bertz CT molecular complexity index is 790. The normalized spacial score (nSPS) is 11.9. The standard InChI is InChI=1S/C20H14Br2/c21-18-14-8-7-13-17(18)19(15-9-3-1-4-10-15)20(22)16-11-5-2-6-12-16/h1-14H/b20-19-. The Kier molecular flexibility index (Phi) is 4.91. The maximum Gasteiger partial charge on any atom is 0.0332 e. The first-order valence-corrected chi connectivity index (χ1v) is 8.61. The van der Waals surface area contributed by atoms with Crippen molar-refractivity contribution in [3.8, 4) is 0 Å². The highest BCUT2D eigenvalue weighted by Gasteiger charge is 2.13. The summed E-state index contributed by atoms with van der Waals surface area (Å²) in [6, 6.07) is 29.1. The highest BCUT2D eigenvalue weighted by atomic mass is 79.9. The van der Waals surface area contributed by atoms with Crippen LogP contribution in [0.15, 0.2) is 89.4 Å². The van der Waals surface area contributed by atoms with Gasteiger partial charge in [-0.3, -0.25) is 0 Å². The zero-order valence-corrected chi connectivity index (χ0v) is 15.0. The van der Waals surface area contributed by atoms with E-state index < -0.39 is 0 Å². The molecule has 0 atom stereocenters. The van der Waals surface area contributed by atoms with Crippen LogP contribution in [0.5, 0.6) is 0 Å². The van der Waals surface area contributed by atoms with Gasteiger partial charge in [0.1, 0.15) is 0 Å². The smallest absolute Gasteiger partial charge is 0.0332 e. The van der Waals surface area contributed by atoms with Crippen molar-refractivity contribution >= 4 is 41.9 Å². The molecule has 0 heterocycles. The van der Waals surface area contributed by atoms with E-state index >= 15 is 0 Å². The van der Waals surface area contributed by atoms with Crippen LogP contribution >= 0.6 is 31.9 Å². The van der Waals surface area contributed by atoms with E-state index in [1.807, 2.05) is 18.2 Å². The molecule has 0 aromatic heterocycles. The van der Waals surface area contributed by atoms with Crippen molar-refractivity contribution in [2.24, 2.45) is 0 Å². The lowest BCUT2D eigenvalue weighted by Crippen LogP contribution is -1.92. The maximum absolute atomic E-state index is 3.82. The summed E-state index contributed by atoms with van der Waals surface area (Å²) >= 11 is 7.50. The molecule has 0 unspecified atom stereocenters. The molecule has 3 aromatic carbocycles. The van der Waals surface area contributed by atoms with Crippen LogP contribution in [0.2, 0.25) is 0 Å². The minimum absolute atomic E-state index is 1.08. The molecule has 0 radical (unpaired) electrons. The first-order valence-electron chi connectivity index (χ1n) is 7.03. The summed E-state index contributed by atoms with van der Waals surface area (Å²) in [5.41, 5.74) is 4.70. The van der Waals surface area contributed by atoms with E-state index in [1.165, 1.54) is 16.7 Å². The third-order valence-electron chi connectivity index (χ3n) is 3.45. The predicted octanol–water partition coefficient (Wildman–Crippen LogP) is 6.76. The van der Waals surface area contributed by atoms with E-state index in [0.717, 1.165) is 14.5 Å². The van der Waals surface area contributed by atoms with Gasteiger partial charge in [0.2, 0.25) is 0 Å². The first-order chi connectivity index (χ1) is 10.8. The molecule has 0 saturated heterocycles. The van der Waals surface area contributed by atoms with Gasteiger partial charge in [-0.1, -0.05) is 94.8 Å². The third-order valence-corrected chi connectivity index (χ3v) is 5.00. The van der Waals surface area contributed by atoms with E-state index in [1.54, 1.807) is 0 Å². The summed E-state index contributed by atoms with van der Waals surface area (Å²) in [7, 11) is 0. The largest absolute Gasteiger partial charge is 0.0622 e. The van der Waals surface area contributed by atoms with Crippen LogP contribution in [0.1, 0.15) is 16.7 Å². The summed E-state index contributed by atoms with van der Waals surface area (Å²) in [6.07, 6.45) is 0. The number of hydrogen-bond donors (Lipinski definition) is 0. The van der Waals surface area contributed by atoms with Crippen molar-refractivity contribution < 1.29 is 0 Å². The van der Waals surface area contributed by atoms with Crippen molar-refractivity contribution in [1.82, 2.24) is 0 Å². The van der Waals surface area contributed by atoms with Gasteiger partial charge in [-0.2, -0.15) is 0 Å². The minimum atomic E-state index is 1.08. The van der Waals surface area contributed by atoms with Crippen molar-refractivity contribution in [2.45, 2.75) is 0 Å². The molecule has 0 amide bonds. The SMILES string of the molecule is Br/C(=C(/c1ccccc1)c1ccccc1Br)c1ccccc1. The molecule has 3 aromatic rings. The Labute approximate surface area is 147 Å². The molecule has 0 aliphatic carbocycles. The Morgan fingerprint density at radius 1 is 0.591 bits per heavy atom. The monoisotopic (exact) mass is 412 g/mol. The number of hydrogen-bond acceptors (Lipinski definition) is 0. The Morgan fingerprint density at radius 2 is 1.09 bits per heavy atom. The van der Waals surface area contributed by atoms with Gasteiger partial charge in [-0.05, 0) is 38.7 Å². The van der Waals surface area contributed by atoms with Crippen LogP contribution in [0, 0.1) is 0 Å². The molecule has 0 spiro atoms. The van der Waals surface area contributed by atoms with Gasteiger partial charge < -0.3 is 0 Å². The van der Waals surface area contributed by atoms with Gasteiger partial charge >= 0.3 is 0 Å². The lowest BCUT2D eigenvalue weighted by atomic mass is 9.96. The molecule has 0 N–H and O–H groups in total. The van der Waals surface area contributed by atoms with Crippen molar-refractivity contribution in [3.05, 3.63) is 106 Å². The average molecular weight is 414 g/mol. The second kappa shape index (κ2) is 7.08. The second-order valence-electron chi connectivity index (χ2n) is 4.90. The molecule has 0 bridgehead atoms. The van der Waals surface area contributed by atoms with E-state index in [-0.39, 0.29) is 0 Å². The van der Waals surface area contributed by atoms with Crippen LogP contribution in [-0.4, -0.2) is 0 Å². The molecule has 0 aliphatic heterocycles. The predicted molar refractivity (Wildman–Crippen MR) is 102 cm³/mol. The van der Waals surface area contributed by atoms with Crippen molar-refractivity contribution in [1.29, 1.82) is 0 Å². The molecule has 2 heteroatoms. The number of halogens is 2. The molecule has 0 nitrogen and oxygen atoms in total. The molecular weight excluding hydrogens is 400 g/mol. The van der Waals surface area contributed by atoms with Crippen LogP contribution in [0.3, 0.4) is 0 Å². The molecule has 3 rings (SSSR count). The summed E-state index contributed by atoms with van der Waals surface area (Å²) in [5.74, 6) is 0. The van der Waals surface area contributed by atoms with Crippen LogP contribution in [-0.2, 0) is 0 Å². The zero-order chi connectivity index (χ0) is 15.4. The van der Waals surface area contributed by atoms with Gasteiger partial charge in [0.25, 0.3) is 0 Å². The average Bonchev–Trinajstić information content (AvgIpc) is 2.58. The Morgan fingerprint density at radius 3 is 1.68 bits per heavy atom. The number of rotatable bonds is 3. The first kappa shape index (κ1) is 15.3. The van der Waals surface area contributed by atoms with Gasteiger partial charge in [0.15, 0.2) is 0 Å². The zero-order valence-electron chi connectivity index (χ0n) is 11.8. The van der Waals surface area contributed by atoms with Crippen molar-refractivity contribution in [2.75, 3.05) is 0 Å². The lowest BCUT2D eigenvalue weighted by Gasteiger charge is -2.14. The highest BCUT2D eigenvalue weighted by molar-refractivity contribution is 9.15. The molecule has 0 fully saturated rings. The van der Waals surface area contributed by atoms with E-state index in [0.29, 0.717) is 0 Å². The summed E-state index contributed by atoms with van der Waals surface area (Å²) in [4.78, 5) is 0. The van der Waals surface area contributed by atoms with Gasteiger partial charge in [-0.15, -0.1) is 0 Å². The molecular formula is C20H14Br2. The van der Waals surface area contributed by atoms with Gasteiger partial charge in [0, 0.05) is 14.5 Å². The fourth-order valence-electron chi connectivity index (χ4n) is 2.40. The quantitative estimate of drug-likeness (QED) is 0.416. The fourth-order valence-corrected chi connectivity index (χ4v) is 3.59. The van der Waals surface area contributed by atoms with E-state index in [9.17, 15) is 0 Å². The highest BCUT2D eigenvalue weighted by Crippen LogP contribution is 2.38.